The molecule has 0 fully saturated rings. The van der Waals surface area contributed by atoms with Crippen molar-refractivity contribution in [3.05, 3.63) is 64.6 Å². The summed E-state index contributed by atoms with van der Waals surface area (Å²) in [6.45, 7) is 1.74. The van der Waals surface area contributed by atoms with Crippen LogP contribution in [0.15, 0.2) is 47.5 Å². The molecule has 4 aromatic heterocycles. The summed E-state index contributed by atoms with van der Waals surface area (Å²) < 4.78 is 1.58. The maximum atomic E-state index is 13.0. The number of carbonyl (C=O) groups is 3. The molecule has 9 nitrogen and oxygen atoms in total. The predicted molar refractivity (Wildman–Crippen MR) is 111 cm³/mol. The number of pyridine rings is 1. The van der Waals surface area contributed by atoms with Gasteiger partial charge in [0.1, 0.15) is 23.4 Å². The average Bonchev–Trinajstić information content (AvgIpc) is 3.44. The Labute approximate surface area is 174 Å². The van der Waals surface area contributed by atoms with E-state index in [9.17, 15) is 14.4 Å². The van der Waals surface area contributed by atoms with Crippen molar-refractivity contribution >= 4 is 39.8 Å². The van der Waals surface area contributed by atoms with Gasteiger partial charge >= 0.3 is 0 Å². The van der Waals surface area contributed by atoms with E-state index in [1.165, 1.54) is 17.5 Å². The predicted octanol–water partition coefficient (Wildman–Crippen LogP) is 1.51. The van der Waals surface area contributed by atoms with Crippen LogP contribution in [0, 0.1) is 6.92 Å². The summed E-state index contributed by atoms with van der Waals surface area (Å²) in [5.41, 5.74) is 7.15. The van der Waals surface area contributed by atoms with E-state index in [2.05, 4.69) is 20.3 Å². The molecule has 1 atom stereocenters. The lowest BCUT2D eigenvalue weighted by atomic mass is 10.0. The number of ketones is 1. The van der Waals surface area contributed by atoms with Crippen molar-refractivity contribution in [2.75, 3.05) is 0 Å². The zero-order valence-electron chi connectivity index (χ0n) is 16.0. The molecule has 4 heterocycles. The van der Waals surface area contributed by atoms with Gasteiger partial charge in [-0.25, -0.2) is 9.97 Å². The third-order valence-corrected chi connectivity index (χ3v) is 5.49. The van der Waals surface area contributed by atoms with E-state index >= 15 is 0 Å². The van der Waals surface area contributed by atoms with Crippen LogP contribution in [0.3, 0.4) is 0 Å². The number of H-pyrrole nitrogens is 1. The number of aromatic amines is 1. The normalized spacial score (nSPS) is 12.0. The van der Waals surface area contributed by atoms with Gasteiger partial charge in [-0.15, -0.1) is 11.3 Å². The molecule has 0 saturated carbocycles. The van der Waals surface area contributed by atoms with Gasteiger partial charge in [-0.05, 0) is 24.6 Å². The number of aryl methyl sites for hydroxylation is 1. The van der Waals surface area contributed by atoms with E-state index in [1.54, 1.807) is 42.1 Å². The Morgan fingerprint density at radius 3 is 2.83 bits per heavy atom. The number of imidazole rings is 1. The summed E-state index contributed by atoms with van der Waals surface area (Å²) in [7, 11) is 0. The lowest BCUT2D eigenvalue weighted by molar-refractivity contribution is -0.137. The molecule has 0 bridgehead atoms. The van der Waals surface area contributed by atoms with Crippen molar-refractivity contribution in [2.45, 2.75) is 19.4 Å². The zero-order chi connectivity index (χ0) is 21.3. The molecule has 2 amide bonds. The summed E-state index contributed by atoms with van der Waals surface area (Å²) in [5.74, 6) is -1.46. The number of Topliss-reactive ketones (excluding diaryl/α,β-unsaturated/α-hetero) is 1. The summed E-state index contributed by atoms with van der Waals surface area (Å²) in [4.78, 5) is 48.6. The van der Waals surface area contributed by atoms with Crippen molar-refractivity contribution in [3.63, 3.8) is 0 Å². The van der Waals surface area contributed by atoms with Gasteiger partial charge in [0.15, 0.2) is 0 Å². The van der Waals surface area contributed by atoms with E-state index in [1.807, 2.05) is 10.8 Å². The van der Waals surface area contributed by atoms with Gasteiger partial charge in [0, 0.05) is 35.0 Å². The molecular weight excluding hydrogens is 404 g/mol. The molecular formula is C20H18N6O3S. The van der Waals surface area contributed by atoms with Gasteiger partial charge in [0.25, 0.3) is 11.8 Å². The quantitative estimate of drug-likeness (QED) is 0.388. The van der Waals surface area contributed by atoms with Crippen LogP contribution in [0.5, 0.6) is 0 Å². The van der Waals surface area contributed by atoms with Gasteiger partial charge in [0.2, 0.25) is 5.78 Å². The highest BCUT2D eigenvalue weighted by Crippen LogP contribution is 2.23. The number of hydrogen-bond donors (Lipinski definition) is 3. The van der Waals surface area contributed by atoms with Gasteiger partial charge < -0.3 is 16.0 Å². The summed E-state index contributed by atoms with van der Waals surface area (Å²) in [6, 6.07) is 4.19. The number of thiophene rings is 1. The van der Waals surface area contributed by atoms with Gasteiger partial charge in [-0.3, -0.25) is 19.0 Å². The molecule has 4 aromatic rings. The first-order valence-corrected chi connectivity index (χ1v) is 10.0. The summed E-state index contributed by atoms with van der Waals surface area (Å²) in [6.07, 6.45) is 4.89. The number of nitrogens with one attached hydrogen (secondary N) is 2. The smallest absolute Gasteiger partial charge is 0.287 e. The second-order valence-corrected chi connectivity index (χ2v) is 7.43. The molecule has 1 unspecified atom stereocenters. The fraction of sp³-hybridized carbons (Fsp3) is 0.150. The maximum Gasteiger partial charge on any atom is 0.287 e. The second kappa shape index (κ2) is 7.91. The van der Waals surface area contributed by atoms with Crippen molar-refractivity contribution in [3.8, 4) is 5.82 Å². The number of amides is 2. The fourth-order valence-corrected chi connectivity index (χ4v) is 4.10. The molecule has 0 aliphatic rings. The van der Waals surface area contributed by atoms with E-state index in [4.69, 9.17) is 5.73 Å². The number of rotatable bonds is 7. The Morgan fingerprint density at radius 2 is 2.10 bits per heavy atom. The number of nitrogens with two attached hydrogens (primary N) is 1. The number of primary amides is 1. The van der Waals surface area contributed by atoms with Crippen LogP contribution in [0.2, 0.25) is 0 Å². The minimum atomic E-state index is -1.11. The minimum Gasteiger partial charge on any atom is -0.363 e. The number of aromatic nitrogens is 4. The summed E-state index contributed by atoms with van der Waals surface area (Å²) >= 11 is 1.51. The average molecular weight is 422 g/mol. The molecule has 0 aliphatic heterocycles. The van der Waals surface area contributed by atoms with Crippen LogP contribution >= 0.6 is 11.3 Å². The molecule has 0 radical (unpaired) electrons. The third kappa shape index (κ3) is 3.60. The van der Waals surface area contributed by atoms with E-state index in [0.29, 0.717) is 11.6 Å². The molecule has 4 rings (SSSR count). The van der Waals surface area contributed by atoms with Gasteiger partial charge in [0.05, 0.1) is 11.7 Å². The van der Waals surface area contributed by atoms with Crippen molar-refractivity contribution in [1.82, 2.24) is 24.8 Å². The molecule has 0 saturated heterocycles. The Kier molecular flexibility index (Phi) is 5.15. The van der Waals surface area contributed by atoms with E-state index < -0.39 is 23.6 Å². The van der Waals surface area contributed by atoms with Crippen LogP contribution < -0.4 is 11.1 Å². The Morgan fingerprint density at radius 1 is 1.27 bits per heavy atom. The van der Waals surface area contributed by atoms with Gasteiger partial charge in [-0.1, -0.05) is 6.07 Å². The zero-order valence-corrected chi connectivity index (χ0v) is 16.8. The topological polar surface area (TPSA) is 136 Å². The molecule has 4 N–H and O–H groups in total. The van der Waals surface area contributed by atoms with Gasteiger partial charge in [-0.2, -0.15) is 0 Å². The van der Waals surface area contributed by atoms with Crippen LogP contribution in [0.1, 0.15) is 21.9 Å². The van der Waals surface area contributed by atoms with Crippen molar-refractivity contribution in [1.29, 1.82) is 0 Å². The molecule has 0 spiro atoms. The monoisotopic (exact) mass is 422 g/mol. The van der Waals surface area contributed by atoms with Crippen molar-refractivity contribution < 1.29 is 14.4 Å². The number of hydrogen-bond acceptors (Lipinski definition) is 6. The number of carbonyl (C=O) groups excluding carboxylic acids is 3. The Balaban J connectivity index is 1.64. The first kappa shape index (κ1) is 19.5. The Hall–Kier alpha value is -3.79. The molecule has 0 aromatic carbocycles. The standard InChI is InChI=1S/C20H18N6O3S/c1-11-23-8-16(26(11)17-4-2-3-5-22-17)20(29)25-14(18(27)19(21)28)6-12-7-24-15-10-30-9-13(12)15/h2-5,7-10,14,24H,6H2,1H3,(H2,21,28)(H,25,29). The second-order valence-electron chi connectivity index (χ2n) is 6.69. The number of nitrogens with zero attached hydrogens (tertiary/aromatic N) is 3. The largest absolute Gasteiger partial charge is 0.363 e. The first-order chi connectivity index (χ1) is 14.5. The lowest BCUT2D eigenvalue weighted by Crippen LogP contribution is -2.47. The molecule has 10 heteroatoms. The van der Waals surface area contributed by atoms with E-state index in [0.717, 1.165) is 16.5 Å². The van der Waals surface area contributed by atoms with Crippen LogP contribution in [0.4, 0.5) is 0 Å². The number of fused-ring (bicyclic) bond motifs is 1. The van der Waals surface area contributed by atoms with Crippen LogP contribution in [-0.2, 0) is 16.0 Å². The van der Waals surface area contributed by atoms with Crippen molar-refractivity contribution in [2.24, 2.45) is 5.73 Å². The third-order valence-electron chi connectivity index (χ3n) is 4.75. The lowest BCUT2D eigenvalue weighted by Gasteiger charge is -2.17. The highest BCUT2D eigenvalue weighted by atomic mass is 32.1. The van der Waals surface area contributed by atoms with Crippen LogP contribution in [-0.4, -0.2) is 43.2 Å². The Bertz CT molecular complexity index is 1240. The van der Waals surface area contributed by atoms with Crippen LogP contribution in [0.25, 0.3) is 16.7 Å². The maximum absolute atomic E-state index is 13.0. The fourth-order valence-electron chi connectivity index (χ4n) is 3.28. The summed E-state index contributed by atoms with van der Waals surface area (Å²) in [5, 5.41) is 7.46. The molecule has 0 aliphatic carbocycles. The highest BCUT2D eigenvalue weighted by molar-refractivity contribution is 7.09. The SMILES string of the molecule is Cc1ncc(C(=O)NC(Cc2c[nH]c3cscc23)C(=O)C(N)=O)n1-c1ccccn1. The minimum absolute atomic E-state index is 0.126. The van der Waals surface area contributed by atoms with E-state index in [-0.39, 0.29) is 12.1 Å². The first-order valence-electron chi connectivity index (χ1n) is 9.08. The molecule has 30 heavy (non-hydrogen) atoms. The highest BCUT2D eigenvalue weighted by Gasteiger charge is 2.28. The molecule has 152 valence electrons.